The molecule has 0 spiro atoms. The summed E-state index contributed by atoms with van der Waals surface area (Å²) in [5.74, 6) is 0.634. The maximum Gasteiger partial charge on any atom is 0.158 e. The van der Waals surface area contributed by atoms with Gasteiger partial charge in [0.05, 0.1) is 10.5 Å². The predicted octanol–water partition coefficient (Wildman–Crippen LogP) is 3.24. The maximum absolute atomic E-state index is 11.9. The Bertz CT molecular complexity index is 516. The highest BCUT2D eigenvalue weighted by Crippen LogP contribution is 2.23. The zero-order valence-electron chi connectivity index (χ0n) is 11.2. The normalized spacial score (nSPS) is 12.5. The van der Waals surface area contributed by atoms with Crippen LogP contribution in [0.1, 0.15) is 26.3 Å². The first kappa shape index (κ1) is 15.3. The van der Waals surface area contributed by atoms with Gasteiger partial charge >= 0.3 is 0 Å². The fraction of sp³-hybridized carbons (Fsp3) is 0.538. The van der Waals surface area contributed by atoms with Crippen LogP contribution in [0.5, 0.6) is 5.75 Å². The van der Waals surface area contributed by atoms with Crippen LogP contribution in [0.4, 0.5) is 0 Å². The van der Waals surface area contributed by atoms with Crippen molar-refractivity contribution in [1.82, 2.24) is 0 Å². The van der Waals surface area contributed by atoms with Gasteiger partial charge in [-0.2, -0.15) is 0 Å². The van der Waals surface area contributed by atoms with Crippen LogP contribution in [0.25, 0.3) is 0 Å². The highest BCUT2D eigenvalue weighted by molar-refractivity contribution is 7.92. The number of benzene rings is 1. The minimum Gasteiger partial charge on any atom is -0.492 e. The van der Waals surface area contributed by atoms with Crippen LogP contribution in [-0.2, 0) is 9.84 Å². The molecular formula is C13H19ClO3S. The summed E-state index contributed by atoms with van der Waals surface area (Å²) in [5.41, 5.74) is 0.938. The first-order chi connectivity index (χ1) is 8.13. The second kappa shape index (κ2) is 5.49. The number of hydrogen-bond acceptors (Lipinski definition) is 3. The minimum atomic E-state index is -3.15. The lowest BCUT2D eigenvalue weighted by atomic mass is 10.2. The van der Waals surface area contributed by atoms with Crippen molar-refractivity contribution in [1.29, 1.82) is 0 Å². The van der Waals surface area contributed by atoms with Crippen LogP contribution < -0.4 is 4.74 Å². The highest BCUT2D eigenvalue weighted by atomic mass is 35.5. The van der Waals surface area contributed by atoms with E-state index in [2.05, 4.69) is 0 Å². The van der Waals surface area contributed by atoms with Gasteiger partial charge in [0.2, 0.25) is 0 Å². The molecular weight excluding hydrogens is 272 g/mol. The Kier molecular flexibility index (Phi) is 4.67. The molecule has 0 saturated heterocycles. The third kappa shape index (κ3) is 3.89. The molecule has 0 unspecified atom stereocenters. The molecule has 18 heavy (non-hydrogen) atoms. The van der Waals surface area contributed by atoms with Gasteiger partial charge in [-0.05, 0) is 45.4 Å². The average molecular weight is 291 g/mol. The standard InChI is InChI=1S/C13H19ClO3S/c1-10-5-6-11(14)9-12(10)17-7-8-18(15,16)13(2,3)4/h5-6,9H,7-8H2,1-4H3. The molecule has 1 aromatic carbocycles. The van der Waals surface area contributed by atoms with Gasteiger partial charge < -0.3 is 4.74 Å². The molecule has 0 aromatic heterocycles. The molecule has 1 rings (SSSR count). The quantitative estimate of drug-likeness (QED) is 0.855. The van der Waals surface area contributed by atoms with Crippen molar-refractivity contribution < 1.29 is 13.2 Å². The number of halogens is 1. The van der Waals surface area contributed by atoms with E-state index in [4.69, 9.17) is 16.3 Å². The molecule has 0 heterocycles. The number of rotatable bonds is 4. The third-order valence-electron chi connectivity index (χ3n) is 2.69. The summed E-state index contributed by atoms with van der Waals surface area (Å²) >= 11 is 5.86. The maximum atomic E-state index is 11.9. The highest BCUT2D eigenvalue weighted by Gasteiger charge is 2.28. The molecule has 0 amide bonds. The van der Waals surface area contributed by atoms with Crippen molar-refractivity contribution in [3.05, 3.63) is 28.8 Å². The van der Waals surface area contributed by atoms with Gasteiger partial charge in [0.15, 0.2) is 9.84 Å². The van der Waals surface area contributed by atoms with Gasteiger partial charge in [-0.3, -0.25) is 0 Å². The van der Waals surface area contributed by atoms with Crippen molar-refractivity contribution >= 4 is 21.4 Å². The van der Waals surface area contributed by atoms with E-state index in [0.717, 1.165) is 5.56 Å². The topological polar surface area (TPSA) is 43.4 Å². The summed E-state index contributed by atoms with van der Waals surface area (Å²) in [6.07, 6.45) is 0. The second-order valence-corrected chi connectivity index (χ2v) is 8.49. The Labute approximate surface area is 114 Å². The molecule has 0 radical (unpaired) electrons. The molecule has 0 fully saturated rings. The van der Waals surface area contributed by atoms with E-state index in [1.807, 2.05) is 13.0 Å². The Morgan fingerprint density at radius 3 is 2.44 bits per heavy atom. The average Bonchev–Trinajstić information content (AvgIpc) is 2.21. The first-order valence-corrected chi connectivity index (χ1v) is 7.78. The van der Waals surface area contributed by atoms with Gasteiger partial charge in [0.25, 0.3) is 0 Å². The SMILES string of the molecule is Cc1ccc(Cl)cc1OCCS(=O)(=O)C(C)(C)C. The van der Waals surface area contributed by atoms with E-state index in [1.54, 1.807) is 32.9 Å². The van der Waals surface area contributed by atoms with Crippen molar-refractivity contribution in [2.45, 2.75) is 32.4 Å². The zero-order valence-corrected chi connectivity index (χ0v) is 12.7. The van der Waals surface area contributed by atoms with Crippen LogP contribution >= 0.6 is 11.6 Å². The summed E-state index contributed by atoms with van der Waals surface area (Å²) in [5, 5.41) is 0.578. The Morgan fingerprint density at radius 2 is 1.89 bits per heavy atom. The van der Waals surface area contributed by atoms with E-state index in [9.17, 15) is 8.42 Å². The second-order valence-electron chi connectivity index (χ2n) is 5.19. The van der Waals surface area contributed by atoms with Crippen molar-refractivity contribution in [3.63, 3.8) is 0 Å². The minimum absolute atomic E-state index is 0.00243. The number of ether oxygens (including phenoxy) is 1. The van der Waals surface area contributed by atoms with Crippen molar-refractivity contribution in [2.24, 2.45) is 0 Å². The van der Waals surface area contributed by atoms with Gasteiger partial charge in [-0.15, -0.1) is 0 Å². The summed E-state index contributed by atoms with van der Waals surface area (Å²) in [6, 6.07) is 5.31. The molecule has 0 bridgehead atoms. The fourth-order valence-electron chi connectivity index (χ4n) is 1.30. The van der Waals surface area contributed by atoms with Crippen LogP contribution in [0.15, 0.2) is 18.2 Å². The lowest BCUT2D eigenvalue weighted by Gasteiger charge is -2.19. The number of sulfone groups is 1. The van der Waals surface area contributed by atoms with Gasteiger partial charge in [0, 0.05) is 5.02 Å². The van der Waals surface area contributed by atoms with E-state index >= 15 is 0 Å². The lowest BCUT2D eigenvalue weighted by Crippen LogP contribution is -2.32. The summed E-state index contributed by atoms with van der Waals surface area (Å²) in [4.78, 5) is 0. The number of hydrogen-bond donors (Lipinski definition) is 0. The van der Waals surface area contributed by atoms with E-state index in [1.165, 1.54) is 0 Å². The molecule has 0 atom stereocenters. The molecule has 0 N–H and O–H groups in total. The smallest absolute Gasteiger partial charge is 0.158 e. The Balaban J connectivity index is 2.65. The van der Waals surface area contributed by atoms with Crippen LogP contribution in [-0.4, -0.2) is 25.5 Å². The van der Waals surface area contributed by atoms with E-state index in [0.29, 0.717) is 10.8 Å². The molecule has 0 aliphatic rings. The summed E-state index contributed by atoms with van der Waals surface area (Å²) < 4.78 is 28.5. The Morgan fingerprint density at radius 1 is 1.28 bits per heavy atom. The first-order valence-electron chi connectivity index (χ1n) is 5.75. The summed E-state index contributed by atoms with van der Waals surface area (Å²) in [6.45, 7) is 7.09. The van der Waals surface area contributed by atoms with Crippen LogP contribution in [0.3, 0.4) is 0 Å². The molecule has 102 valence electrons. The fourth-order valence-corrected chi connectivity index (χ4v) is 2.37. The van der Waals surface area contributed by atoms with E-state index in [-0.39, 0.29) is 12.4 Å². The zero-order chi connectivity index (χ0) is 14.0. The molecule has 3 nitrogen and oxygen atoms in total. The molecule has 5 heteroatoms. The predicted molar refractivity (Wildman–Crippen MR) is 75.2 cm³/mol. The molecule has 0 aliphatic carbocycles. The van der Waals surface area contributed by atoms with Gasteiger partial charge in [-0.1, -0.05) is 17.7 Å². The van der Waals surface area contributed by atoms with Crippen molar-refractivity contribution in [3.8, 4) is 5.75 Å². The van der Waals surface area contributed by atoms with E-state index < -0.39 is 14.6 Å². The van der Waals surface area contributed by atoms with Crippen molar-refractivity contribution in [2.75, 3.05) is 12.4 Å². The third-order valence-corrected chi connectivity index (χ3v) is 5.50. The molecule has 0 aliphatic heterocycles. The largest absolute Gasteiger partial charge is 0.492 e. The number of aryl methyl sites for hydroxylation is 1. The van der Waals surface area contributed by atoms with Gasteiger partial charge in [-0.25, -0.2) is 8.42 Å². The van der Waals surface area contributed by atoms with Crippen LogP contribution in [0.2, 0.25) is 5.02 Å². The monoisotopic (exact) mass is 290 g/mol. The summed E-state index contributed by atoms with van der Waals surface area (Å²) in [7, 11) is -3.15. The van der Waals surface area contributed by atoms with Crippen LogP contribution in [0, 0.1) is 6.92 Å². The molecule has 0 saturated carbocycles. The Hall–Kier alpha value is -0.740. The van der Waals surface area contributed by atoms with Gasteiger partial charge in [0.1, 0.15) is 12.4 Å². The lowest BCUT2D eigenvalue weighted by molar-refractivity contribution is 0.337. The molecule has 1 aromatic rings.